The Balaban J connectivity index is 1.34. The molecule has 1 spiro atoms. The molecule has 0 amide bonds. The van der Waals surface area contributed by atoms with Crippen LogP contribution in [0.2, 0.25) is 0 Å². The third kappa shape index (κ3) is 7.61. The summed E-state index contributed by atoms with van der Waals surface area (Å²) in [4.78, 5) is 79.3. The Labute approximate surface area is 328 Å². The lowest BCUT2D eigenvalue weighted by Gasteiger charge is -2.72. The number of esters is 4. The van der Waals surface area contributed by atoms with Crippen LogP contribution in [0.3, 0.4) is 0 Å². The predicted octanol–water partition coefficient (Wildman–Crippen LogP) is 9.18. The molecule has 0 aromatic carbocycles. The summed E-state index contributed by atoms with van der Waals surface area (Å²) in [5.74, 6) is -4.73. The van der Waals surface area contributed by atoms with Crippen molar-refractivity contribution in [2.24, 2.45) is 69.5 Å². The number of cyclic esters (lactones) is 4. The van der Waals surface area contributed by atoms with Crippen LogP contribution in [0, 0.1) is 69.5 Å². The highest BCUT2D eigenvalue weighted by Crippen LogP contribution is 2.76. The quantitative estimate of drug-likeness (QED) is 0.0338. The van der Waals surface area contributed by atoms with Crippen LogP contribution in [0.1, 0.15) is 157 Å². The highest BCUT2D eigenvalue weighted by Gasteiger charge is 2.78. The zero-order valence-corrected chi connectivity index (χ0v) is 34.4. The van der Waals surface area contributed by atoms with Gasteiger partial charge in [-0.15, -0.1) is 0 Å². The number of aliphatic carboxylic acids is 1. The zero-order valence-electron chi connectivity index (χ0n) is 34.4. The molecule has 0 radical (unpaired) electrons. The smallest absolute Gasteiger partial charge is 0.318 e. The second-order valence-electron chi connectivity index (χ2n) is 19.2. The van der Waals surface area contributed by atoms with Crippen molar-refractivity contribution in [1.82, 2.24) is 0 Å². The molecule has 55 heavy (non-hydrogen) atoms. The Kier molecular flexibility index (Phi) is 13.1. The number of carboxylic acid groups (broad SMARTS) is 1. The van der Waals surface area contributed by atoms with Crippen LogP contribution in [0.4, 0.5) is 0 Å². The first-order valence-electron chi connectivity index (χ1n) is 22.0. The average molecular weight is 769 g/mol. The number of hydrogen-bond donors (Lipinski definition) is 1. The van der Waals surface area contributed by atoms with Gasteiger partial charge in [-0.2, -0.15) is 0 Å². The van der Waals surface area contributed by atoms with Crippen molar-refractivity contribution in [3.05, 3.63) is 12.2 Å². The van der Waals surface area contributed by atoms with Crippen molar-refractivity contribution >= 4 is 29.8 Å². The van der Waals surface area contributed by atoms with E-state index in [0.29, 0.717) is 25.7 Å². The lowest BCUT2D eigenvalue weighted by Crippen LogP contribution is -2.73. The van der Waals surface area contributed by atoms with Gasteiger partial charge in [0.15, 0.2) is 0 Å². The van der Waals surface area contributed by atoms with Crippen LogP contribution in [0.5, 0.6) is 0 Å². The summed E-state index contributed by atoms with van der Waals surface area (Å²) in [7, 11) is 0. The maximum atomic E-state index is 13.9. The van der Waals surface area contributed by atoms with Gasteiger partial charge in [0, 0.05) is 5.41 Å². The van der Waals surface area contributed by atoms with Gasteiger partial charge in [-0.25, -0.2) is 9.78 Å². The van der Waals surface area contributed by atoms with Gasteiger partial charge in [-0.3, -0.25) is 24.0 Å². The SMILES string of the molecule is CCCCC/C=C/C(CC(CCCCCCC)C1CC(=O)OC1=O)OOC1C(C(C)C)C2CC3C4(C)CCCC(C)(C(=O)O)C4CCC13C1C(=O)OC(=O)C21. The van der Waals surface area contributed by atoms with E-state index in [1.807, 2.05) is 6.92 Å². The topological polar surface area (TPSA) is 143 Å². The Morgan fingerprint density at radius 1 is 0.909 bits per heavy atom. The first-order chi connectivity index (χ1) is 26.2. The third-order valence-corrected chi connectivity index (χ3v) is 15.8. The molecule has 5 aliphatic carbocycles. The van der Waals surface area contributed by atoms with Gasteiger partial charge in [-0.05, 0) is 106 Å². The van der Waals surface area contributed by atoms with Gasteiger partial charge in [0.1, 0.15) is 12.2 Å². The Morgan fingerprint density at radius 2 is 1.64 bits per heavy atom. The van der Waals surface area contributed by atoms with Crippen molar-refractivity contribution in [2.75, 3.05) is 0 Å². The average Bonchev–Trinajstić information content (AvgIpc) is 3.65. The molecule has 0 aromatic heterocycles. The summed E-state index contributed by atoms with van der Waals surface area (Å²) in [5, 5.41) is 10.6. The minimum Gasteiger partial charge on any atom is -0.481 e. The lowest BCUT2D eigenvalue weighted by molar-refractivity contribution is -0.414. The summed E-state index contributed by atoms with van der Waals surface area (Å²) < 4.78 is 10.6. The van der Waals surface area contributed by atoms with Crippen molar-refractivity contribution in [3.63, 3.8) is 0 Å². The predicted molar refractivity (Wildman–Crippen MR) is 205 cm³/mol. The molecule has 7 rings (SSSR count). The van der Waals surface area contributed by atoms with E-state index in [2.05, 4.69) is 46.8 Å². The van der Waals surface area contributed by atoms with E-state index in [1.165, 1.54) is 0 Å². The van der Waals surface area contributed by atoms with Crippen LogP contribution in [-0.2, 0) is 43.2 Å². The molecule has 2 heterocycles. The molecule has 7 fully saturated rings. The van der Waals surface area contributed by atoms with Gasteiger partial charge in [0.2, 0.25) is 0 Å². The summed E-state index contributed by atoms with van der Waals surface area (Å²) in [6.07, 6.45) is 18.2. The molecule has 0 aromatic rings. The second-order valence-corrected chi connectivity index (χ2v) is 19.2. The van der Waals surface area contributed by atoms with Crippen molar-refractivity contribution in [3.8, 4) is 0 Å². The fraction of sp³-hybridized carbons (Fsp3) is 0.844. The van der Waals surface area contributed by atoms with Crippen LogP contribution in [0.25, 0.3) is 0 Å². The van der Waals surface area contributed by atoms with E-state index >= 15 is 0 Å². The summed E-state index contributed by atoms with van der Waals surface area (Å²) in [6, 6.07) is 0. The monoisotopic (exact) mass is 768 g/mol. The molecule has 7 aliphatic rings. The fourth-order valence-electron chi connectivity index (χ4n) is 13.4. The Morgan fingerprint density at radius 3 is 2.31 bits per heavy atom. The first kappa shape index (κ1) is 42.0. The van der Waals surface area contributed by atoms with Crippen molar-refractivity contribution in [2.45, 2.75) is 169 Å². The minimum atomic E-state index is -0.872. The molecular weight excluding hydrogens is 700 g/mol. The van der Waals surface area contributed by atoms with Gasteiger partial charge < -0.3 is 14.6 Å². The molecule has 308 valence electrons. The molecule has 2 bridgehead atoms. The molecule has 10 heteroatoms. The zero-order chi connectivity index (χ0) is 39.7. The number of carboxylic acids is 1. The van der Waals surface area contributed by atoms with Crippen LogP contribution in [0.15, 0.2) is 12.2 Å². The molecule has 2 saturated heterocycles. The number of rotatable bonds is 19. The van der Waals surface area contributed by atoms with Crippen LogP contribution in [-0.4, -0.2) is 47.2 Å². The molecule has 13 unspecified atom stereocenters. The first-order valence-corrected chi connectivity index (χ1v) is 22.0. The fourth-order valence-corrected chi connectivity index (χ4v) is 13.4. The number of carbonyl (C=O) groups is 5. The van der Waals surface area contributed by atoms with E-state index in [-0.39, 0.29) is 47.3 Å². The standard InChI is InChI=1S/C45H68O10/c1-7-9-11-13-15-18-28(30-26-34(46)52-39(30)47)24-29(19-16-14-12-10-8-2)54-55-38-35(27(3)4)31-25-33-43(5)21-17-22-44(6,42(50)51)32(43)20-23-45(33,38)37-36(31)40(48)53-41(37)49/h16,19,27-33,35-38H,7-15,17-18,20-26H2,1-6H3,(H,50,51)/b19-16+. The minimum absolute atomic E-state index is 0.0517. The van der Waals surface area contributed by atoms with E-state index < -0.39 is 70.6 Å². The molecule has 5 saturated carbocycles. The summed E-state index contributed by atoms with van der Waals surface area (Å²) >= 11 is 0. The normalized spacial score (nSPS) is 39.2. The van der Waals surface area contributed by atoms with E-state index in [9.17, 15) is 29.1 Å². The van der Waals surface area contributed by atoms with Crippen molar-refractivity contribution in [1.29, 1.82) is 0 Å². The molecule has 1 N–H and O–H groups in total. The Bertz CT molecular complexity index is 1470. The van der Waals surface area contributed by atoms with Gasteiger partial charge in [0.05, 0.1) is 29.6 Å². The van der Waals surface area contributed by atoms with E-state index in [1.54, 1.807) is 0 Å². The van der Waals surface area contributed by atoms with E-state index in [4.69, 9.17) is 19.2 Å². The number of hydrogen-bond acceptors (Lipinski definition) is 9. The van der Waals surface area contributed by atoms with Crippen LogP contribution < -0.4 is 0 Å². The van der Waals surface area contributed by atoms with Gasteiger partial charge >= 0.3 is 29.8 Å². The number of fused-ring (bicyclic) bond motifs is 2. The second kappa shape index (κ2) is 17.1. The van der Waals surface area contributed by atoms with Crippen molar-refractivity contribution < 1.29 is 48.3 Å². The van der Waals surface area contributed by atoms with Gasteiger partial charge in [-0.1, -0.05) is 98.1 Å². The molecular formula is C45H68O10. The third-order valence-electron chi connectivity index (χ3n) is 15.8. The number of ether oxygens (including phenoxy) is 2. The van der Waals surface area contributed by atoms with E-state index in [0.717, 1.165) is 83.5 Å². The number of allylic oxidation sites excluding steroid dienone is 1. The lowest BCUT2D eigenvalue weighted by atomic mass is 9.31. The Hall–Kier alpha value is -2.59. The maximum absolute atomic E-state index is 13.9. The highest BCUT2D eigenvalue weighted by atomic mass is 17.2. The molecule has 2 aliphatic heterocycles. The van der Waals surface area contributed by atoms with Gasteiger partial charge in [0.25, 0.3) is 0 Å². The van der Waals surface area contributed by atoms with Crippen LogP contribution >= 0.6 is 0 Å². The maximum Gasteiger partial charge on any atom is 0.318 e. The summed E-state index contributed by atoms with van der Waals surface area (Å²) in [5.41, 5.74) is -2.02. The highest BCUT2D eigenvalue weighted by molar-refractivity contribution is 5.98. The molecule has 10 nitrogen and oxygen atoms in total. The molecule has 13 atom stereocenters. The summed E-state index contributed by atoms with van der Waals surface area (Å²) in [6.45, 7) is 12.8. The number of unbranched alkanes of at least 4 members (excludes halogenated alkanes) is 7. The number of carbonyl (C=O) groups excluding carboxylic acids is 4. The largest absolute Gasteiger partial charge is 0.481 e.